The summed E-state index contributed by atoms with van der Waals surface area (Å²) in [4.78, 5) is 9.39. The highest BCUT2D eigenvalue weighted by Gasteiger charge is 2.10. The number of hydrogen-bond donors (Lipinski definition) is 0. The minimum atomic E-state index is 0.265. The standard InChI is InChI=1S/C13H11N3O2S/c1-9-10(4-2-6-14-9)17-8-12-15-13(18-16-12)11-5-3-7-19-11/h2-7H,8H2,1H3. The number of pyridine rings is 1. The Hall–Kier alpha value is -2.21. The van der Waals surface area contributed by atoms with Gasteiger partial charge in [-0.3, -0.25) is 4.98 Å². The van der Waals surface area contributed by atoms with E-state index in [1.165, 1.54) is 0 Å². The zero-order valence-corrected chi connectivity index (χ0v) is 11.1. The van der Waals surface area contributed by atoms with Gasteiger partial charge < -0.3 is 9.26 Å². The van der Waals surface area contributed by atoms with Crippen LogP contribution in [-0.4, -0.2) is 15.1 Å². The van der Waals surface area contributed by atoms with E-state index in [0.717, 1.165) is 16.3 Å². The summed E-state index contributed by atoms with van der Waals surface area (Å²) in [5, 5.41) is 5.86. The van der Waals surface area contributed by atoms with E-state index in [-0.39, 0.29) is 6.61 Å². The summed E-state index contributed by atoms with van der Waals surface area (Å²) in [5.74, 6) is 1.77. The van der Waals surface area contributed by atoms with Gasteiger partial charge in [0.05, 0.1) is 10.6 Å². The number of thiophene rings is 1. The van der Waals surface area contributed by atoms with Crippen LogP contribution in [0.4, 0.5) is 0 Å². The van der Waals surface area contributed by atoms with Crippen LogP contribution in [0.3, 0.4) is 0 Å². The first-order valence-corrected chi connectivity index (χ1v) is 6.62. The lowest BCUT2D eigenvalue weighted by molar-refractivity contribution is 0.284. The molecule has 0 saturated heterocycles. The molecule has 3 heterocycles. The van der Waals surface area contributed by atoms with E-state index in [1.807, 2.05) is 36.6 Å². The van der Waals surface area contributed by atoms with Crippen molar-refractivity contribution in [2.24, 2.45) is 0 Å². The zero-order valence-electron chi connectivity index (χ0n) is 10.2. The fraction of sp³-hybridized carbons (Fsp3) is 0.154. The van der Waals surface area contributed by atoms with Crippen LogP contribution < -0.4 is 4.74 Å². The Morgan fingerprint density at radius 1 is 1.32 bits per heavy atom. The molecule has 0 aromatic carbocycles. The molecule has 96 valence electrons. The van der Waals surface area contributed by atoms with Crippen molar-refractivity contribution in [2.45, 2.75) is 13.5 Å². The highest BCUT2D eigenvalue weighted by molar-refractivity contribution is 7.13. The summed E-state index contributed by atoms with van der Waals surface area (Å²) in [5.41, 5.74) is 0.837. The summed E-state index contributed by atoms with van der Waals surface area (Å²) in [7, 11) is 0. The highest BCUT2D eigenvalue weighted by atomic mass is 32.1. The first kappa shape index (κ1) is 11.9. The second-order valence-electron chi connectivity index (χ2n) is 3.87. The predicted molar refractivity (Wildman–Crippen MR) is 70.9 cm³/mol. The van der Waals surface area contributed by atoms with Gasteiger partial charge in [-0.05, 0) is 30.5 Å². The van der Waals surface area contributed by atoms with Crippen LogP contribution in [0.15, 0.2) is 40.4 Å². The number of rotatable bonds is 4. The smallest absolute Gasteiger partial charge is 0.268 e. The molecule has 0 aliphatic heterocycles. The highest BCUT2D eigenvalue weighted by Crippen LogP contribution is 2.23. The Balaban J connectivity index is 1.70. The van der Waals surface area contributed by atoms with Gasteiger partial charge in [0, 0.05) is 6.20 Å². The van der Waals surface area contributed by atoms with Crippen molar-refractivity contribution in [1.29, 1.82) is 0 Å². The van der Waals surface area contributed by atoms with Crippen molar-refractivity contribution in [3.63, 3.8) is 0 Å². The van der Waals surface area contributed by atoms with Crippen molar-refractivity contribution in [3.8, 4) is 16.5 Å². The number of aryl methyl sites for hydroxylation is 1. The van der Waals surface area contributed by atoms with Crippen molar-refractivity contribution in [1.82, 2.24) is 15.1 Å². The number of aromatic nitrogens is 3. The topological polar surface area (TPSA) is 61.0 Å². The molecular weight excluding hydrogens is 262 g/mol. The van der Waals surface area contributed by atoms with Gasteiger partial charge in [0.15, 0.2) is 6.61 Å². The van der Waals surface area contributed by atoms with E-state index >= 15 is 0 Å². The Kier molecular flexibility index (Phi) is 3.24. The van der Waals surface area contributed by atoms with Gasteiger partial charge in [-0.25, -0.2) is 0 Å². The molecule has 0 saturated carbocycles. The molecule has 0 bridgehead atoms. The second kappa shape index (κ2) is 5.19. The molecule has 0 spiro atoms. The number of ether oxygens (including phenoxy) is 1. The van der Waals surface area contributed by atoms with Gasteiger partial charge in [0.25, 0.3) is 5.89 Å². The monoisotopic (exact) mass is 273 g/mol. The first-order valence-electron chi connectivity index (χ1n) is 5.74. The minimum absolute atomic E-state index is 0.265. The van der Waals surface area contributed by atoms with Crippen LogP contribution in [0.1, 0.15) is 11.5 Å². The largest absolute Gasteiger partial charge is 0.484 e. The van der Waals surface area contributed by atoms with Gasteiger partial charge in [-0.15, -0.1) is 11.3 Å². The van der Waals surface area contributed by atoms with Gasteiger partial charge in [0.2, 0.25) is 5.82 Å². The molecule has 0 unspecified atom stereocenters. The van der Waals surface area contributed by atoms with E-state index < -0.39 is 0 Å². The van der Waals surface area contributed by atoms with Gasteiger partial charge >= 0.3 is 0 Å². The molecule has 6 heteroatoms. The fourth-order valence-electron chi connectivity index (χ4n) is 1.58. The minimum Gasteiger partial charge on any atom is -0.484 e. The molecule has 0 N–H and O–H groups in total. The van der Waals surface area contributed by atoms with Crippen LogP contribution in [0.25, 0.3) is 10.8 Å². The summed E-state index contributed by atoms with van der Waals surface area (Å²) in [6.07, 6.45) is 1.73. The van der Waals surface area contributed by atoms with Crippen LogP contribution in [-0.2, 0) is 6.61 Å². The third-order valence-electron chi connectivity index (χ3n) is 2.52. The molecule has 19 heavy (non-hydrogen) atoms. The summed E-state index contributed by atoms with van der Waals surface area (Å²) in [6, 6.07) is 7.58. The number of nitrogens with zero attached hydrogens (tertiary/aromatic N) is 3. The normalized spacial score (nSPS) is 10.6. The molecule has 0 aliphatic carbocycles. The predicted octanol–water partition coefficient (Wildman–Crippen LogP) is 3.08. The third-order valence-corrected chi connectivity index (χ3v) is 3.37. The van der Waals surface area contributed by atoms with Crippen LogP contribution in [0.5, 0.6) is 5.75 Å². The summed E-state index contributed by atoms with van der Waals surface area (Å²) in [6.45, 7) is 2.16. The fourth-order valence-corrected chi connectivity index (χ4v) is 2.22. The van der Waals surface area contributed by atoms with E-state index in [1.54, 1.807) is 17.5 Å². The van der Waals surface area contributed by atoms with Gasteiger partial charge in [-0.1, -0.05) is 11.2 Å². The van der Waals surface area contributed by atoms with Crippen LogP contribution in [0, 0.1) is 6.92 Å². The average Bonchev–Trinajstić information content (AvgIpc) is 3.09. The third kappa shape index (κ3) is 2.63. The maximum Gasteiger partial charge on any atom is 0.268 e. The van der Waals surface area contributed by atoms with Crippen molar-refractivity contribution < 1.29 is 9.26 Å². The Labute approximate surface area is 113 Å². The lowest BCUT2D eigenvalue weighted by Gasteiger charge is -2.04. The Morgan fingerprint density at radius 3 is 3.05 bits per heavy atom. The molecule has 5 nitrogen and oxygen atoms in total. The maximum absolute atomic E-state index is 5.61. The Morgan fingerprint density at radius 2 is 2.26 bits per heavy atom. The van der Waals surface area contributed by atoms with E-state index in [4.69, 9.17) is 9.26 Å². The van der Waals surface area contributed by atoms with E-state index in [0.29, 0.717) is 11.7 Å². The molecule has 3 aromatic rings. The van der Waals surface area contributed by atoms with Crippen LogP contribution >= 0.6 is 11.3 Å². The molecule has 0 aliphatic rings. The number of hydrogen-bond acceptors (Lipinski definition) is 6. The molecule has 0 radical (unpaired) electrons. The summed E-state index contributed by atoms with van der Waals surface area (Å²) < 4.78 is 10.8. The molecule has 0 fully saturated rings. The van der Waals surface area contributed by atoms with Crippen molar-refractivity contribution in [3.05, 3.63) is 47.4 Å². The first-order chi connectivity index (χ1) is 9.33. The summed E-state index contributed by atoms with van der Waals surface area (Å²) >= 11 is 1.56. The molecule has 0 amide bonds. The molecule has 3 aromatic heterocycles. The SMILES string of the molecule is Cc1ncccc1OCc1noc(-c2cccs2)n1. The second-order valence-corrected chi connectivity index (χ2v) is 4.82. The van der Waals surface area contributed by atoms with E-state index in [2.05, 4.69) is 15.1 Å². The average molecular weight is 273 g/mol. The van der Waals surface area contributed by atoms with Gasteiger partial charge in [0.1, 0.15) is 5.75 Å². The Bertz CT molecular complexity index is 664. The molecule has 3 rings (SSSR count). The molecule has 0 atom stereocenters. The van der Waals surface area contributed by atoms with Crippen LogP contribution in [0.2, 0.25) is 0 Å². The zero-order chi connectivity index (χ0) is 13.1. The van der Waals surface area contributed by atoms with Crippen molar-refractivity contribution >= 4 is 11.3 Å². The lowest BCUT2D eigenvalue weighted by atomic mass is 10.3. The lowest BCUT2D eigenvalue weighted by Crippen LogP contribution is -1.99. The van der Waals surface area contributed by atoms with Crippen molar-refractivity contribution in [2.75, 3.05) is 0 Å². The molecular formula is C13H11N3O2S. The maximum atomic E-state index is 5.61. The van der Waals surface area contributed by atoms with Gasteiger partial charge in [-0.2, -0.15) is 4.98 Å². The quantitative estimate of drug-likeness (QED) is 0.731. The van der Waals surface area contributed by atoms with E-state index in [9.17, 15) is 0 Å².